The lowest BCUT2D eigenvalue weighted by molar-refractivity contribution is -0.138. The van der Waals surface area contributed by atoms with Crippen molar-refractivity contribution in [1.82, 2.24) is 25.4 Å². The van der Waals surface area contributed by atoms with Crippen LogP contribution in [0.25, 0.3) is 16.4 Å². The molecule has 10 heteroatoms. The van der Waals surface area contributed by atoms with E-state index in [-0.39, 0.29) is 12.6 Å². The molecule has 1 aliphatic rings. The second-order valence-corrected chi connectivity index (χ2v) is 8.57. The quantitative estimate of drug-likeness (QED) is 0.417. The van der Waals surface area contributed by atoms with Crippen LogP contribution in [0.3, 0.4) is 0 Å². The van der Waals surface area contributed by atoms with Gasteiger partial charge in [-0.2, -0.15) is 0 Å². The molecule has 0 saturated carbocycles. The molecule has 0 fully saturated rings. The molecule has 0 aliphatic carbocycles. The van der Waals surface area contributed by atoms with E-state index < -0.39 is 12.0 Å². The zero-order chi connectivity index (χ0) is 21.8. The molecule has 1 aromatic carbocycles. The normalized spacial score (nSPS) is 16.1. The van der Waals surface area contributed by atoms with E-state index in [1.54, 1.807) is 25.2 Å². The highest BCUT2D eigenvalue weighted by Gasteiger charge is 2.30. The molecule has 0 saturated heterocycles. The second-order valence-electron chi connectivity index (χ2n) is 6.68. The average molecular weight is 456 g/mol. The Morgan fingerprint density at radius 3 is 2.74 bits per heavy atom. The number of hydrogen-bond acceptors (Lipinski definition) is 7. The van der Waals surface area contributed by atoms with Crippen molar-refractivity contribution < 1.29 is 14.3 Å². The molecule has 0 unspecified atom stereocenters. The number of benzene rings is 1. The van der Waals surface area contributed by atoms with Crippen LogP contribution in [0.5, 0.6) is 0 Å². The first-order valence-electron chi connectivity index (χ1n) is 9.73. The topological polar surface area (TPSA) is 98.1 Å². The molecule has 160 valence electrons. The highest BCUT2D eigenvalue weighted by molar-refractivity contribution is 7.99. The van der Waals surface area contributed by atoms with Gasteiger partial charge in [0, 0.05) is 17.1 Å². The molecule has 2 aromatic heterocycles. The smallest absolute Gasteiger partial charge is 0.337 e. The van der Waals surface area contributed by atoms with Crippen molar-refractivity contribution in [2.24, 2.45) is 0 Å². The summed E-state index contributed by atoms with van der Waals surface area (Å²) in [6.07, 6.45) is 0. The van der Waals surface area contributed by atoms with E-state index in [1.165, 1.54) is 11.8 Å². The summed E-state index contributed by atoms with van der Waals surface area (Å²) in [4.78, 5) is 25.5. The second kappa shape index (κ2) is 9.36. The van der Waals surface area contributed by atoms with Crippen molar-refractivity contribution in [2.45, 2.75) is 25.0 Å². The van der Waals surface area contributed by atoms with Crippen LogP contribution >= 0.6 is 23.1 Å². The van der Waals surface area contributed by atoms with Crippen LogP contribution in [0.4, 0.5) is 4.79 Å². The Bertz CT molecular complexity index is 1110. The van der Waals surface area contributed by atoms with E-state index in [2.05, 4.69) is 20.8 Å². The van der Waals surface area contributed by atoms with Crippen LogP contribution in [-0.2, 0) is 9.53 Å². The maximum atomic E-state index is 12.5. The summed E-state index contributed by atoms with van der Waals surface area (Å²) in [5.41, 5.74) is 1.86. The standard InChI is InChI=1S/C21H21N5O3S2/c1-3-29-19(27)17-13(2)22-20(28)23-15(17)12-31-21-25-24-18(16-10-7-11-30-16)26(21)14-8-5-4-6-9-14/h4-11,13H,3,12H2,1-2H3,(H2,22,23,28)/t13-/m1/s1. The van der Waals surface area contributed by atoms with Gasteiger partial charge in [0.25, 0.3) is 0 Å². The number of para-hydroxylation sites is 1. The van der Waals surface area contributed by atoms with Crippen molar-refractivity contribution in [1.29, 1.82) is 0 Å². The van der Waals surface area contributed by atoms with Gasteiger partial charge in [-0.25, -0.2) is 9.59 Å². The van der Waals surface area contributed by atoms with Crippen molar-refractivity contribution in [2.75, 3.05) is 12.4 Å². The monoisotopic (exact) mass is 455 g/mol. The molecular formula is C21H21N5O3S2. The number of thiophene rings is 1. The molecule has 1 aliphatic heterocycles. The molecule has 4 rings (SSSR count). The van der Waals surface area contributed by atoms with E-state index in [0.29, 0.717) is 22.2 Å². The number of nitrogens with one attached hydrogen (secondary N) is 2. The van der Waals surface area contributed by atoms with Gasteiger partial charge in [-0.1, -0.05) is 36.0 Å². The zero-order valence-corrected chi connectivity index (χ0v) is 18.6. The fourth-order valence-electron chi connectivity index (χ4n) is 3.27. The van der Waals surface area contributed by atoms with Gasteiger partial charge in [0.05, 0.1) is 23.1 Å². The third-order valence-corrected chi connectivity index (χ3v) is 6.42. The summed E-state index contributed by atoms with van der Waals surface area (Å²) in [6, 6.07) is 13.0. The molecule has 0 spiro atoms. The molecule has 31 heavy (non-hydrogen) atoms. The Balaban J connectivity index is 1.69. The minimum Gasteiger partial charge on any atom is -0.463 e. The number of esters is 1. The van der Waals surface area contributed by atoms with Crippen LogP contribution in [0.15, 0.2) is 64.3 Å². The number of rotatable bonds is 7. The van der Waals surface area contributed by atoms with Crippen molar-refractivity contribution >= 4 is 35.1 Å². The maximum absolute atomic E-state index is 12.5. The third-order valence-electron chi connectivity index (χ3n) is 4.60. The summed E-state index contributed by atoms with van der Waals surface area (Å²) >= 11 is 2.98. The predicted octanol–water partition coefficient (Wildman–Crippen LogP) is 3.61. The van der Waals surface area contributed by atoms with Gasteiger partial charge >= 0.3 is 12.0 Å². The van der Waals surface area contributed by atoms with Gasteiger partial charge in [0.2, 0.25) is 0 Å². The lowest BCUT2D eigenvalue weighted by Crippen LogP contribution is -2.49. The first kappa shape index (κ1) is 21.1. The van der Waals surface area contributed by atoms with Gasteiger partial charge in [0.15, 0.2) is 11.0 Å². The Hall–Kier alpha value is -3.11. The van der Waals surface area contributed by atoms with E-state index in [1.807, 2.05) is 52.4 Å². The Kier molecular flexibility index (Phi) is 6.38. The van der Waals surface area contributed by atoms with Gasteiger partial charge < -0.3 is 15.4 Å². The van der Waals surface area contributed by atoms with Crippen LogP contribution in [0.2, 0.25) is 0 Å². The minimum absolute atomic E-state index is 0.260. The number of carbonyl (C=O) groups excluding carboxylic acids is 2. The van der Waals surface area contributed by atoms with E-state index in [0.717, 1.165) is 16.4 Å². The lowest BCUT2D eigenvalue weighted by Gasteiger charge is -2.26. The summed E-state index contributed by atoms with van der Waals surface area (Å²) in [6.45, 7) is 3.77. The van der Waals surface area contributed by atoms with Crippen LogP contribution in [0.1, 0.15) is 13.8 Å². The third kappa shape index (κ3) is 4.49. The number of carbonyl (C=O) groups is 2. The fraction of sp³-hybridized carbons (Fsp3) is 0.238. The first-order valence-corrected chi connectivity index (χ1v) is 11.6. The molecule has 1 atom stereocenters. The maximum Gasteiger partial charge on any atom is 0.337 e. The summed E-state index contributed by atoms with van der Waals surface area (Å²) in [5, 5.41) is 16.9. The summed E-state index contributed by atoms with van der Waals surface area (Å²) in [7, 11) is 0. The van der Waals surface area contributed by atoms with Crippen LogP contribution in [0, 0.1) is 0 Å². The number of urea groups is 1. The summed E-state index contributed by atoms with van der Waals surface area (Å²) in [5.74, 6) is 0.634. The predicted molar refractivity (Wildman–Crippen MR) is 120 cm³/mol. The Morgan fingerprint density at radius 2 is 2.03 bits per heavy atom. The number of nitrogens with zero attached hydrogens (tertiary/aromatic N) is 3. The molecule has 2 N–H and O–H groups in total. The first-order chi connectivity index (χ1) is 15.1. The zero-order valence-electron chi connectivity index (χ0n) is 17.0. The van der Waals surface area contributed by atoms with E-state index in [4.69, 9.17) is 4.74 Å². The van der Waals surface area contributed by atoms with Crippen LogP contribution < -0.4 is 10.6 Å². The van der Waals surface area contributed by atoms with E-state index >= 15 is 0 Å². The molecular weight excluding hydrogens is 434 g/mol. The Labute approximate surface area is 187 Å². The fourth-order valence-corrected chi connectivity index (χ4v) is 4.89. The van der Waals surface area contributed by atoms with Gasteiger partial charge in [-0.15, -0.1) is 21.5 Å². The number of aromatic nitrogens is 3. The Morgan fingerprint density at radius 1 is 1.23 bits per heavy atom. The minimum atomic E-state index is -0.447. The highest BCUT2D eigenvalue weighted by Crippen LogP contribution is 2.31. The average Bonchev–Trinajstić information content (AvgIpc) is 3.42. The molecule has 3 heterocycles. The van der Waals surface area contributed by atoms with Crippen molar-refractivity contribution in [3.05, 3.63) is 59.1 Å². The molecule has 8 nitrogen and oxygen atoms in total. The molecule has 3 aromatic rings. The van der Waals surface area contributed by atoms with Crippen molar-refractivity contribution in [3.63, 3.8) is 0 Å². The molecule has 2 amide bonds. The lowest BCUT2D eigenvalue weighted by atomic mass is 10.1. The van der Waals surface area contributed by atoms with Gasteiger partial charge in [-0.3, -0.25) is 4.57 Å². The number of ether oxygens (including phenoxy) is 1. The number of amides is 2. The van der Waals surface area contributed by atoms with Gasteiger partial charge in [-0.05, 0) is 37.4 Å². The van der Waals surface area contributed by atoms with E-state index in [9.17, 15) is 9.59 Å². The summed E-state index contributed by atoms with van der Waals surface area (Å²) < 4.78 is 7.17. The number of thioether (sulfide) groups is 1. The van der Waals surface area contributed by atoms with Gasteiger partial charge in [0.1, 0.15) is 0 Å². The molecule has 0 bridgehead atoms. The molecule has 0 radical (unpaired) electrons. The van der Waals surface area contributed by atoms with Crippen molar-refractivity contribution in [3.8, 4) is 16.4 Å². The SMILES string of the molecule is CCOC(=O)C1=C(CSc2nnc(-c3cccs3)n2-c2ccccc2)NC(=O)N[C@@H]1C. The van der Waals surface area contributed by atoms with Crippen LogP contribution in [-0.4, -0.2) is 45.2 Å². The highest BCUT2D eigenvalue weighted by atomic mass is 32.2. The largest absolute Gasteiger partial charge is 0.463 e. The number of hydrogen-bond donors (Lipinski definition) is 2.